The lowest BCUT2D eigenvalue weighted by molar-refractivity contribution is 0.0501. The number of nitrogens with one attached hydrogen (secondary N) is 1. The van der Waals surface area contributed by atoms with Gasteiger partial charge in [-0.2, -0.15) is 0 Å². The molecular weight excluding hydrogens is 497 g/mol. The van der Waals surface area contributed by atoms with E-state index in [1.54, 1.807) is 32.9 Å². The molecule has 2 rings (SSSR count). The number of benzene rings is 2. The summed E-state index contributed by atoms with van der Waals surface area (Å²) >= 11 is 6.29. The van der Waals surface area contributed by atoms with Crippen LogP contribution >= 0.6 is 11.6 Å². The number of hydrogen-bond donors (Lipinski definition) is 1. The lowest BCUT2D eigenvalue weighted by atomic mass is 9.93. The molecule has 0 bridgehead atoms. The van der Waals surface area contributed by atoms with Crippen molar-refractivity contribution in [1.29, 1.82) is 0 Å². The molecule has 0 aliphatic heterocycles. The molecule has 0 fully saturated rings. The van der Waals surface area contributed by atoms with E-state index < -0.39 is 44.7 Å². The first-order valence-corrected chi connectivity index (χ1v) is 13.9. The Kier molecular flexibility index (Phi) is 9.54. The SMILES string of the molecule is CC[C@@H](NC(=O)OC(C)(C)C)c1ccc(Cl)c(C(=O)c2ccc(C(C)(C)O[SiH2]C(C)(C)C)cc2)c1F. The van der Waals surface area contributed by atoms with Gasteiger partial charge in [0, 0.05) is 11.1 Å². The van der Waals surface area contributed by atoms with Crippen molar-refractivity contribution in [2.45, 2.75) is 91.0 Å². The van der Waals surface area contributed by atoms with Crippen LogP contribution in [0.2, 0.25) is 10.1 Å². The van der Waals surface area contributed by atoms with Gasteiger partial charge in [-0.05, 0) is 57.7 Å². The fraction of sp³-hybridized carbons (Fsp3) is 0.500. The molecule has 1 N–H and O–H groups in total. The van der Waals surface area contributed by atoms with E-state index in [-0.39, 0.29) is 21.2 Å². The molecule has 0 saturated carbocycles. The zero-order chi connectivity index (χ0) is 27.5. The van der Waals surface area contributed by atoms with Gasteiger partial charge in [0.15, 0.2) is 15.5 Å². The Labute approximate surface area is 222 Å². The average Bonchev–Trinajstić information content (AvgIpc) is 2.75. The highest BCUT2D eigenvalue weighted by Gasteiger charge is 2.28. The maximum atomic E-state index is 15.7. The van der Waals surface area contributed by atoms with Crippen molar-refractivity contribution < 1.29 is 23.1 Å². The Morgan fingerprint density at radius 1 is 1.00 bits per heavy atom. The molecule has 0 aliphatic carbocycles. The number of hydrogen-bond acceptors (Lipinski definition) is 4. The molecule has 1 atom stereocenters. The predicted octanol–water partition coefficient (Wildman–Crippen LogP) is 7.24. The van der Waals surface area contributed by atoms with E-state index in [4.69, 9.17) is 20.8 Å². The number of amides is 1. The van der Waals surface area contributed by atoms with E-state index in [9.17, 15) is 9.59 Å². The summed E-state index contributed by atoms with van der Waals surface area (Å²) in [7, 11) is -0.782. The number of ketones is 1. The number of ether oxygens (including phenoxy) is 1. The Bertz CT molecular complexity index is 1090. The molecule has 8 heteroatoms. The molecule has 0 saturated heterocycles. The molecule has 1 amide bonds. The van der Waals surface area contributed by atoms with Crippen molar-refractivity contribution in [2.75, 3.05) is 0 Å². The number of carbonyl (C=O) groups is 2. The van der Waals surface area contributed by atoms with Crippen molar-refractivity contribution in [3.05, 3.63) is 69.5 Å². The average molecular weight is 536 g/mol. The number of alkyl carbamates (subject to hydrolysis) is 1. The fourth-order valence-electron chi connectivity index (χ4n) is 3.54. The van der Waals surface area contributed by atoms with Crippen LogP contribution in [0, 0.1) is 5.82 Å². The minimum absolute atomic E-state index is 0.0114. The van der Waals surface area contributed by atoms with E-state index in [0.29, 0.717) is 12.0 Å². The van der Waals surface area contributed by atoms with Crippen molar-refractivity contribution in [3.63, 3.8) is 0 Å². The van der Waals surface area contributed by atoms with Gasteiger partial charge in [0.25, 0.3) is 0 Å². The number of halogens is 2. The van der Waals surface area contributed by atoms with E-state index >= 15 is 4.39 Å². The highest BCUT2D eigenvalue weighted by atomic mass is 35.5. The topological polar surface area (TPSA) is 64.6 Å². The molecule has 36 heavy (non-hydrogen) atoms. The van der Waals surface area contributed by atoms with Crippen LogP contribution in [-0.4, -0.2) is 27.2 Å². The third-order valence-electron chi connectivity index (χ3n) is 5.53. The molecule has 0 aromatic heterocycles. The van der Waals surface area contributed by atoms with Crippen LogP contribution in [-0.2, 0) is 14.8 Å². The molecule has 0 radical (unpaired) electrons. The van der Waals surface area contributed by atoms with E-state index in [2.05, 4.69) is 26.1 Å². The summed E-state index contributed by atoms with van der Waals surface area (Å²) in [5.41, 5.74) is 0.0164. The van der Waals surface area contributed by atoms with Crippen molar-refractivity contribution in [1.82, 2.24) is 5.32 Å². The van der Waals surface area contributed by atoms with Gasteiger partial charge in [0.1, 0.15) is 11.4 Å². The third kappa shape index (κ3) is 8.15. The van der Waals surface area contributed by atoms with Crippen LogP contribution in [0.3, 0.4) is 0 Å². The highest BCUT2D eigenvalue weighted by molar-refractivity contribution is 6.35. The first-order chi connectivity index (χ1) is 16.4. The summed E-state index contributed by atoms with van der Waals surface area (Å²) in [6, 6.07) is 9.28. The molecule has 0 unspecified atom stereocenters. The van der Waals surface area contributed by atoms with Gasteiger partial charge < -0.3 is 14.5 Å². The van der Waals surface area contributed by atoms with Crippen LogP contribution in [0.15, 0.2) is 36.4 Å². The lowest BCUT2D eigenvalue weighted by Crippen LogP contribution is -2.35. The normalized spacial score (nSPS) is 13.6. The molecule has 0 aliphatic rings. The van der Waals surface area contributed by atoms with Crippen molar-refractivity contribution in [3.8, 4) is 0 Å². The zero-order valence-corrected chi connectivity index (χ0v) is 25.0. The quantitative estimate of drug-likeness (QED) is 0.286. The number of rotatable bonds is 8. The minimum atomic E-state index is -0.782. The molecule has 0 heterocycles. The van der Waals surface area contributed by atoms with Gasteiger partial charge in [-0.15, -0.1) is 0 Å². The summed E-state index contributed by atoms with van der Waals surface area (Å²) in [4.78, 5) is 25.6. The van der Waals surface area contributed by atoms with Gasteiger partial charge in [0.2, 0.25) is 0 Å². The highest BCUT2D eigenvalue weighted by Crippen LogP contribution is 2.32. The third-order valence-corrected chi connectivity index (χ3v) is 7.58. The predicted molar refractivity (Wildman–Crippen MR) is 146 cm³/mol. The van der Waals surface area contributed by atoms with E-state index in [1.165, 1.54) is 12.1 Å². The fourth-order valence-corrected chi connectivity index (χ4v) is 4.74. The standard InChI is InChI=1S/C28H39ClFNO4Si/c1-10-21(31-25(33)34-26(2,3)4)19-15-16-20(29)22(23(19)30)24(32)17-11-13-18(14-12-17)28(8,9)35-36-27(5,6)7/h11-16,21H,10,36H2,1-9H3,(H,31,33)/t21-/m1/s1. The molecule has 2 aromatic carbocycles. The molecule has 198 valence electrons. The summed E-state index contributed by atoms with van der Waals surface area (Å²) in [5, 5.41) is 2.85. The van der Waals surface area contributed by atoms with Gasteiger partial charge >= 0.3 is 6.09 Å². The van der Waals surface area contributed by atoms with Crippen LogP contribution < -0.4 is 5.32 Å². The largest absolute Gasteiger partial charge is 0.444 e. The van der Waals surface area contributed by atoms with Crippen LogP contribution in [0.25, 0.3) is 0 Å². The minimum Gasteiger partial charge on any atom is -0.444 e. The monoisotopic (exact) mass is 535 g/mol. The van der Waals surface area contributed by atoms with Crippen LogP contribution in [0.1, 0.15) is 102 Å². The Morgan fingerprint density at radius 3 is 2.08 bits per heavy atom. The van der Waals surface area contributed by atoms with E-state index in [1.807, 2.05) is 32.9 Å². The van der Waals surface area contributed by atoms with Gasteiger partial charge in [-0.1, -0.05) is 69.6 Å². The number of carbonyl (C=O) groups excluding carboxylic acids is 2. The van der Waals surface area contributed by atoms with Crippen LogP contribution in [0.5, 0.6) is 0 Å². The van der Waals surface area contributed by atoms with Crippen LogP contribution in [0.4, 0.5) is 9.18 Å². The molecule has 0 spiro atoms. The molecule has 2 aromatic rings. The Morgan fingerprint density at radius 2 is 1.58 bits per heavy atom. The van der Waals surface area contributed by atoms with E-state index in [0.717, 1.165) is 5.56 Å². The van der Waals surface area contributed by atoms with Crippen molar-refractivity contribution in [2.24, 2.45) is 0 Å². The molecular formula is C28H39ClFNO4Si. The summed E-state index contributed by atoms with van der Waals surface area (Å²) in [6.07, 6.45) is -0.265. The maximum Gasteiger partial charge on any atom is 0.408 e. The first-order valence-electron chi connectivity index (χ1n) is 12.2. The Hall–Kier alpha value is -2.22. The second-order valence-corrected chi connectivity index (χ2v) is 14.8. The summed E-state index contributed by atoms with van der Waals surface area (Å²) < 4.78 is 27.2. The van der Waals surface area contributed by atoms with Gasteiger partial charge in [-0.3, -0.25) is 4.79 Å². The second kappa shape index (κ2) is 11.4. The Balaban J connectivity index is 2.33. The zero-order valence-electron chi connectivity index (χ0n) is 22.8. The molecule has 5 nitrogen and oxygen atoms in total. The van der Waals surface area contributed by atoms with Gasteiger partial charge in [0.05, 0.1) is 22.2 Å². The summed E-state index contributed by atoms with van der Waals surface area (Å²) in [6.45, 7) is 17.5. The van der Waals surface area contributed by atoms with Crippen molar-refractivity contribution >= 4 is 33.2 Å². The smallest absolute Gasteiger partial charge is 0.408 e. The van der Waals surface area contributed by atoms with Gasteiger partial charge in [-0.25, -0.2) is 9.18 Å². The second-order valence-electron chi connectivity index (χ2n) is 11.7. The first kappa shape index (κ1) is 30.0. The lowest BCUT2D eigenvalue weighted by Gasteiger charge is -2.30. The maximum absolute atomic E-state index is 15.7. The summed E-state index contributed by atoms with van der Waals surface area (Å²) in [5.74, 6) is -1.28.